The largest absolute Gasteiger partial charge is 0.319 e. The second-order valence-corrected chi connectivity index (χ2v) is 8.10. The van der Waals surface area contributed by atoms with Crippen molar-refractivity contribution >= 4 is 11.3 Å². The summed E-state index contributed by atoms with van der Waals surface area (Å²) in [5.74, 6) is 0.838. The van der Waals surface area contributed by atoms with Crippen molar-refractivity contribution in [3.8, 4) is 0 Å². The molecule has 1 aromatic rings. The summed E-state index contributed by atoms with van der Waals surface area (Å²) in [5.41, 5.74) is 8.12. The van der Waals surface area contributed by atoms with Crippen molar-refractivity contribution < 1.29 is 0 Å². The molecule has 1 fully saturated rings. The summed E-state index contributed by atoms with van der Waals surface area (Å²) in [7, 11) is 0. The van der Waals surface area contributed by atoms with Crippen LogP contribution in [0.15, 0.2) is 0 Å². The number of rotatable bonds is 1. The van der Waals surface area contributed by atoms with E-state index in [1.807, 2.05) is 11.3 Å². The van der Waals surface area contributed by atoms with Crippen molar-refractivity contribution in [2.75, 3.05) is 0 Å². The second kappa shape index (κ2) is 4.04. The fraction of sp³-hybridized carbons (Fsp3) is 0.800. The summed E-state index contributed by atoms with van der Waals surface area (Å²) in [6, 6.07) is 0. The molecule has 2 N–H and O–H groups in total. The van der Waals surface area contributed by atoms with Gasteiger partial charge >= 0.3 is 0 Å². The number of aromatic nitrogens is 1. The molecule has 0 aromatic carbocycles. The molecule has 2 aliphatic rings. The van der Waals surface area contributed by atoms with E-state index >= 15 is 0 Å². The molecule has 0 amide bonds. The van der Waals surface area contributed by atoms with Crippen LogP contribution in [0.1, 0.15) is 68.5 Å². The molecule has 0 radical (unpaired) electrons. The number of thiazole rings is 1. The van der Waals surface area contributed by atoms with Crippen molar-refractivity contribution in [2.24, 2.45) is 11.7 Å². The van der Waals surface area contributed by atoms with Crippen molar-refractivity contribution in [2.45, 2.75) is 70.3 Å². The zero-order valence-electron chi connectivity index (χ0n) is 11.8. The Morgan fingerprint density at radius 3 is 2.50 bits per heavy atom. The van der Waals surface area contributed by atoms with E-state index < -0.39 is 0 Å². The first-order chi connectivity index (χ1) is 8.41. The maximum absolute atomic E-state index is 6.64. The third-order valence-corrected chi connectivity index (χ3v) is 6.24. The first-order valence-corrected chi connectivity index (χ1v) is 8.02. The van der Waals surface area contributed by atoms with Gasteiger partial charge in [0.25, 0.3) is 0 Å². The van der Waals surface area contributed by atoms with Gasteiger partial charge in [0.05, 0.1) is 11.2 Å². The Balaban J connectivity index is 1.90. The molecule has 0 saturated heterocycles. The molecule has 1 saturated carbocycles. The number of hydrogen-bond acceptors (Lipinski definition) is 3. The molecule has 0 atom stereocenters. The summed E-state index contributed by atoms with van der Waals surface area (Å²) in [6.07, 6.45) is 7.18. The predicted molar refractivity (Wildman–Crippen MR) is 77.0 cm³/mol. The van der Waals surface area contributed by atoms with Crippen LogP contribution >= 0.6 is 11.3 Å². The number of aryl methyl sites for hydroxylation is 1. The highest BCUT2D eigenvalue weighted by molar-refractivity contribution is 7.12. The predicted octanol–water partition coefficient (Wildman–Crippen LogP) is 3.73. The van der Waals surface area contributed by atoms with Crippen LogP contribution in [-0.2, 0) is 17.4 Å². The van der Waals surface area contributed by atoms with Crippen LogP contribution in [0.5, 0.6) is 0 Å². The maximum atomic E-state index is 6.64. The van der Waals surface area contributed by atoms with Gasteiger partial charge in [0, 0.05) is 10.3 Å². The number of nitrogens with zero attached hydrogens (tertiary/aromatic N) is 1. The fourth-order valence-corrected chi connectivity index (χ4v) is 4.70. The Kier molecular flexibility index (Phi) is 2.83. The van der Waals surface area contributed by atoms with E-state index in [9.17, 15) is 0 Å². The number of nitrogens with two attached hydrogens (primary N) is 1. The van der Waals surface area contributed by atoms with Crippen molar-refractivity contribution in [3.63, 3.8) is 0 Å². The molecular weight excluding hydrogens is 240 g/mol. The average Bonchev–Trinajstić information content (AvgIpc) is 2.86. The maximum Gasteiger partial charge on any atom is 0.113 e. The number of hydrogen-bond donors (Lipinski definition) is 1. The quantitative estimate of drug-likeness (QED) is 0.839. The fourth-order valence-electron chi connectivity index (χ4n) is 3.30. The Labute approximate surface area is 114 Å². The summed E-state index contributed by atoms with van der Waals surface area (Å²) in [6.45, 7) is 6.97. The van der Waals surface area contributed by atoms with E-state index in [0.717, 1.165) is 18.8 Å². The van der Waals surface area contributed by atoms with E-state index in [2.05, 4.69) is 20.8 Å². The Morgan fingerprint density at radius 2 is 1.89 bits per heavy atom. The molecular formula is C15H24N2S. The standard InChI is InChI=1S/C15H24N2S/c1-10-4-8-15(16,9-5-10)13-17-12-11(18-13)6-7-14(12,2)3/h10H,4-9,16H2,1-3H3. The van der Waals surface area contributed by atoms with Gasteiger partial charge in [-0.15, -0.1) is 11.3 Å². The van der Waals surface area contributed by atoms with Gasteiger partial charge < -0.3 is 5.73 Å². The third-order valence-electron chi connectivity index (χ3n) is 4.91. The minimum Gasteiger partial charge on any atom is -0.319 e. The van der Waals surface area contributed by atoms with Gasteiger partial charge in [0.1, 0.15) is 5.01 Å². The van der Waals surface area contributed by atoms with Crippen molar-refractivity contribution in [1.82, 2.24) is 4.98 Å². The van der Waals surface area contributed by atoms with Gasteiger partial charge in [0.2, 0.25) is 0 Å². The van der Waals surface area contributed by atoms with Gasteiger partial charge in [0.15, 0.2) is 0 Å². The summed E-state index contributed by atoms with van der Waals surface area (Å²) >= 11 is 1.89. The molecule has 0 aliphatic heterocycles. The smallest absolute Gasteiger partial charge is 0.113 e. The molecule has 2 aliphatic carbocycles. The van der Waals surface area contributed by atoms with Gasteiger partial charge in [-0.2, -0.15) is 0 Å². The molecule has 2 nitrogen and oxygen atoms in total. The van der Waals surface area contributed by atoms with Crippen LogP contribution in [0.4, 0.5) is 0 Å². The van der Waals surface area contributed by atoms with Crippen molar-refractivity contribution in [1.29, 1.82) is 0 Å². The van der Waals surface area contributed by atoms with Crippen LogP contribution in [0.2, 0.25) is 0 Å². The average molecular weight is 264 g/mol. The van der Waals surface area contributed by atoms with Crippen LogP contribution in [0.3, 0.4) is 0 Å². The normalized spacial score (nSPS) is 34.6. The SMILES string of the molecule is CC1CCC(N)(c2nc3c(s2)CCC3(C)C)CC1. The lowest BCUT2D eigenvalue weighted by molar-refractivity contribution is 0.246. The lowest BCUT2D eigenvalue weighted by Gasteiger charge is -2.34. The first kappa shape index (κ1) is 12.6. The third kappa shape index (κ3) is 1.92. The monoisotopic (exact) mass is 264 g/mol. The highest BCUT2D eigenvalue weighted by atomic mass is 32.1. The van der Waals surface area contributed by atoms with E-state index in [1.165, 1.54) is 41.3 Å². The van der Waals surface area contributed by atoms with Gasteiger partial charge in [-0.3, -0.25) is 0 Å². The van der Waals surface area contributed by atoms with Gasteiger partial charge in [-0.25, -0.2) is 4.98 Å². The second-order valence-electron chi connectivity index (χ2n) is 7.01. The van der Waals surface area contributed by atoms with E-state index in [-0.39, 0.29) is 11.0 Å². The molecule has 18 heavy (non-hydrogen) atoms. The van der Waals surface area contributed by atoms with E-state index in [4.69, 9.17) is 10.7 Å². The Hall–Kier alpha value is -0.410. The lowest BCUT2D eigenvalue weighted by atomic mass is 9.78. The zero-order chi connectivity index (χ0) is 13.0. The molecule has 3 heteroatoms. The number of fused-ring (bicyclic) bond motifs is 1. The highest BCUT2D eigenvalue weighted by Gasteiger charge is 2.39. The topological polar surface area (TPSA) is 38.9 Å². The minimum atomic E-state index is -0.127. The summed E-state index contributed by atoms with van der Waals surface area (Å²) < 4.78 is 0. The molecule has 1 aromatic heterocycles. The van der Waals surface area contributed by atoms with Crippen LogP contribution in [0, 0.1) is 5.92 Å². The first-order valence-electron chi connectivity index (χ1n) is 7.20. The van der Waals surface area contributed by atoms with Gasteiger partial charge in [-0.1, -0.05) is 20.8 Å². The molecule has 0 bridgehead atoms. The van der Waals surface area contributed by atoms with Crippen LogP contribution in [-0.4, -0.2) is 4.98 Å². The summed E-state index contributed by atoms with van der Waals surface area (Å²) in [4.78, 5) is 6.46. The van der Waals surface area contributed by atoms with Crippen molar-refractivity contribution in [3.05, 3.63) is 15.6 Å². The molecule has 0 unspecified atom stereocenters. The molecule has 3 rings (SSSR count). The van der Waals surface area contributed by atoms with E-state index in [1.54, 1.807) is 0 Å². The van der Waals surface area contributed by atoms with Crippen LogP contribution in [0.25, 0.3) is 0 Å². The summed E-state index contributed by atoms with van der Waals surface area (Å²) in [5, 5.41) is 1.21. The Morgan fingerprint density at radius 1 is 1.22 bits per heavy atom. The molecule has 1 heterocycles. The molecule has 0 spiro atoms. The minimum absolute atomic E-state index is 0.127. The van der Waals surface area contributed by atoms with Gasteiger partial charge in [-0.05, 0) is 44.4 Å². The lowest BCUT2D eigenvalue weighted by Crippen LogP contribution is -2.40. The van der Waals surface area contributed by atoms with E-state index in [0.29, 0.717) is 0 Å². The Bertz CT molecular complexity index is 453. The van der Waals surface area contributed by atoms with Crippen LogP contribution < -0.4 is 5.73 Å². The molecule has 100 valence electrons. The highest BCUT2D eigenvalue weighted by Crippen LogP contribution is 2.45. The zero-order valence-corrected chi connectivity index (χ0v) is 12.6.